The third kappa shape index (κ3) is 3.55. The van der Waals surface area contributed by atoms with Crippen molar-refractivity contribution < 1.29 is 0 Å². The van der Waals surface area contributed by atoms with Crippen molar-refractivity contribution in [1.29, 1.82) is 0 Å². The van der Waals surface area contributed by atoms with Gasteiger partial charge >= 0.3 is 0 Å². The van der Waals surface area contributed by atoms with Gasteiger partial charge in [0, 0.05) is 37.8 Å². The van der Waals surface area contributed by atoms with Crippen LogP contribution in [0.25, 0.3) is 0 Å². The molecule has 0 aromatic heterocycles. The SMILES string of the molecule is CC.CC(C)N1CCC(CN2C3CC2CN(C)C3)CC1. The lowest BCUT2D eigenvalue weighted by Gasteiger charge is -2.57. The second-order valence-electron chi connectivity index (χ2n) is 7.03. The van der Waals surface area contributed by atoms with Crippen molar-refractivity contribution in [2.45, 2.75) is 65.1 Å². The Balaban J connectivity index is 0.000000704. The number of rotatable bonds is 3. The first-order valence-electron chi connectivity index (χ1n) is 8.82. The van der Waals surface area contributed by atoms with Crippen LogP contribution in [0.5, 0.6) is 0 Å². The Morgan fingerprint density at radius 3 is 2.05 bits per heavy atom. The molecular weight excluding hydrogens is 246 g/mol. The summed E-state index contributed by atoms with van der Waals surface area (Å²) in [4.78, 5) is 7.97. The van der Waals surface area contributed by atoms with Crippen molar-refractivity contribution in [3.8, 4) is 0 Å². The molecule has 2 atom stereocenters. The van der Waals surface area contributed by atoms with E-state index in [4.69, 9.17) is 0 Å². The van der Waals surface area contributed by atoms with Gasteiger partial charge in [0.1, 0.15) is 0 Å². The molecular formula is C17H35N3. The molecule has 2 bridgehead atoms. The highest BCUT2D eigenvalue weighted by molar-refractivity contribution is 5.00. The fraction of sp³-hybridized carbons (Fsp3) is 1.00. The summed E-state index contributed by atoms with van der Waals surface area (Å²) in [5, 5.41) is 0. The Labute approximate surface area is 126 Å². The van der Waals surface area contributed by atoms with Crippen LogP contribution in [0.3, 0.4) is 0 Å². The number of piperidine rings is 2. The van der Waals surface area contributed by atoms with Crippen LogP contribution in [-0.4, -0.2) is 72.6 Å². The van der Waals surface area contributed by atoms with Gasteiger partial charge in [0.25, 0.3) is 0 Å². The molecule has 3 aliphatic heterocycles. The maximum absolute atomic E-state index is 2.82. The third-order valence-electron chi connectivity index (χ3n) is 5.38. The Morgan fingerprint density at radius 2 is 1.55 bits per heavy atom. The number of fused-ring (bicyclic) bond motifs is 2. The smallest absolute Gasteiger partial charge is 0.0242 e. The van der Waals surface area contributed by atoms with Crippen molar-refractivity contribution in [1.82, 2.24) is 14.7 Å². The van der Waals surface area contributed by atoms with Crippen molar-refractivity contribution >= 4 is 0 Å². The monoisotopic (exact) mass is 281 g/mol. The molecule has 118 valence electrons. The van der Waals surface area contributed by atoms with Gasteiger partial charge < -0.3 is 9.80 Å². The van der Waals surface area contributed by atoms with Crippen LogP contribution in [-0.2, 0) is 0 Å². The molecule has 0 aromatic rings. The summed E-state index contributed by atoms with van der Waals surface area (Å²) in [6.07, 6.45) is 4.31. The van der Waals surface area contributed by atoms with Crippen LogP contribution < -0.4 is 0 Å². The highest BCUT2D eigenvalue weighted by Crippen LogP contribution is 2.33. The predicted molar refractivity (Wildman–Crippen MR) is 87.2 cm³/mol. The van der Waals surface area contributed by atoms with E-state index in [1.807, 2.05) is 13.8 Å². The van der Waals surface area contributed by atoms with Crippen LogP contribution in [0.1, 0.15) is 47.0 Å². The minimum Gasteiger partial charge on any atom is -0.303 e. The summed E-state index contributed by atoms with van der Waals surface area (Å²) < 4.78 is 0. The van der Waals surface area contributed by atoms with Gasteiger partial charge in [0.15, 0.2) is 0 Å². The molecule has 0 amide bonds. The first-order chi connectivity index (χ1) is 9.63. The molecule has 0 N–H and O–H groups in total. The summed E-state index contributed by atoms with van der Waals surface area (Å²) in [6, 6.07) is 2.51. The lowest BCUT2D eigenvalue weighted by atomic mass is 9.84. The molecule has 3 fully saturated rings. The van der Waals surface area contributed by atoms with E-state index in [2.05, 4.69) is 35.6 Å². The number of hydrogen-bond acceptors (Lipinski definition) is 3. The second-order valence-corrected chi connectivity index (χ2v) is 7.03. The van der Waals surface area contributed by atoms with Crippen LogP contribution in [0.15, 0.2) is 0 Å². The third-order valence-corrected chi connectivity index (χ3v) is 5.38. The van der Waals surface area contributed by atoms with E-state index >= 15 is 0 Å². The van der Waals surface area contributed by atoms with Gasteiger partial charge in [-0.25, -0.2) is 0 Å². The maximum Gasteiger partial charge on any atom is 0.0242 e. The lowest BCUT2D eigenvalue weighted by Crippen LogP contribution is -2.68. The molecule has 0 radical (unpaired) electrons. The standard InChI is InChI=1S/C15H29N3.C2H6/c1-12(2)17-6-4-13(5-7-17)9-18-14-8-15(18)11-16(3)10-14;1-2/h12-15H,4-11H2,1-3H3;1-2H3. The van der Waals surface area contributed by atoms with Gasteiger partial charge in [-0.3, -0.25) is 4.90 Å². The first-order valence-corrected chi connectivity index (χ1v) is 8.82. The maximum atomic E-state index is 2.82. The molecule has 0 aliphatic carbocycles. The highest BCUT2D eigenvalue weighted by atomic mass is 15.3. The Kier molecular flexibility index (Phi) is 5.88. The van der Waals surface area contributed by atoms with Crippen LogP contribution in [0.4, 0.5) is 0 Å². The topological polar surface area (TPSA) is 9.72 Å². The van der Waals surface area contributed by atoms with Crippen molar-refractivity contribution in [2.75, 3.05) is 39.8 Å². The average Bonchev–Trinajstić information content (AvgIpc) is 2.47. The Hall–Kier alpha value is -0.120. The molecule has 20 heavy (non-hydrogen) atoms. The molecule has 3 heteroatoms. The van der Waals surface area contributed by atoms with Crippen molar-refractivity contribution in [2.24, 2.45) is 5.92 Å². The highest BCUT2D eigenvalue weighted by Gasteiger charge is 2.44. The first kappa shape index (κ1) is 16.3. The number of piperazine rings is 1. The normalized spacial score (nSPS) is 32.7. The zero-order valence-electron chi connectivity index (χ0n) is 14.3. The summed E-state index contributed by atoms with van der Waals surface area (Å²) in [5.74, 6) is 0.966. The molecule has 2 unspecified atom stereocenters. The number of likely N-dealkylation sites (tertiary alicyclic amines) is 3. The van der Waals surface area contributed by atoms with E-state index in [9.17, 15) is 0 Å². The number of likely N-dealkylation sites (N-methyl/N-ethyl adjacent to an activating group) is 1. The van der Waals surface area contributed by atoms with E-state index < -0.39 is 0 Å². The van der Waals surface area contributed by atoms with Gasteiger partial charge in [-0.2, -0.15) is 0 Å². The zero-order chi connectivity index (χ0) is 14.7. The molecule has 3 aliphatic rings. The minimum atomic E-state index is 0.739. The number of nitrogens with zero attached hydrogens (tertiary/aromatic N) is 3. The van der Waals surface area contributed by atoms with Crippen LogP contribution >= 0.6 is 0 Å². The van der Waals surface area contributed by atoms with E-state index in [-0.39, 0.29) is 0 Å². The molecule has 0 aromatic carbocycles. The Bertz CT molecular complexity index is 272. The van der Waals surface area contributed by atoms with Crippen LogP contribution in [0.2, 0.25) is 0 Å². The molecule has 3 rings (SSSR count). The average molecular weight is 281 g/mol. The summed E-state index contributed by atoms with van der Waals surface area (Å²) >= 11 is 0. The molecule has 3 nitrogen and oxygen atoms in total. The summed E-state index contributed by atoms with van der Waals surface area (Å²) in [6.45, 7) is 15.3. The fourth-order valence-corrected chi connectivity index (χ4v) is 4.15. The molecule has 0 spiro atoms. The van der Waals surface area contributed by atoms with Gasteiger partial charge in [-0.05, 0) is 59.2 Å². The van der Waals surface area contributed by atoms with Gasteiger partial charge in [-0.15, -0.1) is 0 Å². The Morgan fingerprint density at radius 1 is 1.00 bits per heavy atom. The minimum absolute atomic E-state index is 0.739. The van der Waals surface area contributed by atoms with E-state index in [0.29, 0.717) is 0 Å². The van der Waals surface area contributed by atoms with Gasteiger partial charge in [0.05, 0.1) is 0 Å². The quantitative estimate of drug-likeness (QED) is 0.787. The summed E-state index contributed by atoms with van der Waals surface area (Å²) in [7, 11) is 2.28. The largest absolute Gasteiger partial charge is 0.303 e. The zero-order valence-corrected chi connectivity index (χ0v) is 14.3. The van der Waals surface area contributed by atoms with Crippen LogP contribution in [0, 0.1) is 5.92 Å². The fourth-order valence-electron chi connectivity index (χ4n) is 4.15. The molecule has 3 saturated heterocycles. The summed E-state index contributed by atoms with van der Waals surface area (Å²) in [5.41, 5.74) is 0. The second kappa shape index (κ2) is 7.24. The van der Waals surface area contributed by atoms with E-state index in [1.165, 1.54) is 52.0 Å². The lowest BCUT2D eigenvalue weighted by molar-refractivity contribution is -0.0736. The molecule has 3 heterocycles. The van der Waals surface area contributed by atoms with E-state index in [1.54, 1.807) is 0 Å². The van der Waals surface area contributed by atoms with Crippen molar-refractivity contribution in [3.63, 3.8) is 0 Å². The van der Waals surface area contributed by atoms with E-state index in [0.717, 1.165) is 24.0 Å². The predicted octanol–water partition coefficient (Wildman–Crippen LogP) is 2.52. The van der Waals surface area contributed by atoms with Gasteiger partial charge in [0.2, 0.25) is 0 Å². The number of hydrogen-bond donors (Lipinski definition) is 0. The van der Waals surface area contributed by atoms with Gasteiger partial charge in [-0.1, -0.05) is 13.8 Å². The van der Waals surface area contributed by atoms with Crippen molar-refractivity contribution in [3.05, 3.63) is 0 Å². The molecule has 0 saturated carbocycles.